The van der Waals surface area contributed by atoms with Crippen LogP contribution < -0.4 is 5.32 Å². The topological polar surface area (TPSA) is 55.4 Å². The average Bonchev–Trinajstić information content (AvgIpc) is 2.48. The molecule has 0 bridgehead atoms. The standard InChI is InChI=1S/C19H20ClNO3/c1-11-9-12(2)17(13(3)10-11)19(23)24-14(4)18(22)21-16-8-6-5-7-15(16)20/h5-10,14H,1-4H3,(H,21,22). The molecule has 0 aromatic heterocycles. The van der Waals surface area contributed by atoms with Crippen molar-refractivity contribution in [3.8, 4) is 0 Å². The molecule has 5 heteroatoms. The van der Waals surface area contributed by atoms with Crippen LogP contribution in [0.1, 0.15) is 34.0 Å². The van der Waals surface area contributed by atoms with E-state index in [0.717, 1.165) is 16.7 Å². The van der Waals surface area contributed by atoms with Crippen LogP contribution in [0.5, 0.6) is 0 Å². The molecule has 1 atom stereocenters. The van der Waals surface area contributed by atoms with Gasteiger partial charge in [0, 0.05) is 0 Å². The summed E-state index contributed by atoms with van der Waals surface area (Å²) in [4.78, 5) is 24.6. The van der Waals surface area contributed by atoms with Gasteiger partial charge in [0.1, 0.15) is 0 Å². The van der Waals surface area contributed by atoms with Gasteiger partial charge in [0.15, 0.2) is 6.10 Å². The highest BCUT2D eigenvalue weighted by Crippen LogP contribution is 2.21. The molecule has 2 rings (SSSR count). The van der Waals surface area contributed by atoms with E-state index in [1.165, 1.54) is 6.92 Å². The molecule has 1 unspecified atom stereocenters. The van der Waals surface area contributed by atoms with E-state index in [2.05, 4.69) is 5.32 Å². The molecular weight excluding hydrogens is 326 g/mol. The number of ether oxygens (including phenoxy) is 1. The van der Waals surface area contributed by atoms with Crippen LogP contribution in [0.15, 0.2) is 36.4 Å². The third-order valence-electron chi connectivity index (χ3n) is 3.67. The number of hydrogen-bond donors (Lipinski definition) is 1. The third kappa shape index (κ3) is 4.15. The Kier molecular flexibility index (Phi) is 5.62. The summed E-state index contributed by atoms with van der Waals surface area (Å²) >= 11 is 6.01. The molecule has 4 nitrogen and oxygen atoms in total. The number of aryl methyl sites for hydroxylation is 3. The number of para-hydroxylation sites is 1. The summed E-state index contributed by atoms with van der Waals surface area (Å²) in [5, 5.41) is 3.08. The normalized spacial score (nSPS) is 11.7. The first-order valence-electron chi connectivity index (χ1n) is 7.64. The highest BCUT2D eigenvalue weighted by Gasteiger charge is 2.22. The largest absolute Gasteiger partial charge is 0.449 e. The van der Waals surface area contributed by atoms with E-state index in [1.54, 1.807) is 24.3 Å². The molecule has 0 aliphatic carbocycles. The van der Waals surface area contributed by atoms with Crippen molar-refractivity contribution in [1.82, 2.24) is 0 Å². The number of anilines is 1. The first kappa shape index (κ1) is 18.0. The Morgan fingerprint density at radius 3 is 2.25 bits per heavy atom. The summed E-state index contributed by atoms with van der Waals surface area (Å²) in [6, 6.07) is 10.7. The van der Waals surface area contributed by atoms with Crippen molar-refractivity contribution >= 4 is 29.2 Å². The molecule has 0 spiro atoms. The third-order valence-corrected chi connectivity index (χ3v) is 4.00. The number of amides is 1. The monoisotopic (exact) mass is 345 g/mol. The number of rotatable bonds is 4. The van der Waals surface area contributed by atoms with Gasteiger partial charge < -0.3 is 10.1 Å². The molecule has 1 N–H and O–H groups in total. The van der Waals surface area contributed by atoms with Gasteiger partial charge in [0.05, 0.1) is 16.3 Å². The molecule has 0 aliphatic rings. The van der Waals surface area contributed by atoms with Crippen molar-refractivity contribution in [1.29, 1.82) is 0 Å². The van der Waals surface area contributed by atoms with E-state index in [-0.39, 0.29) is 0 Å². The van der Waals surface area contributed by atoms with E-state index >= 15 is 0 Å². The Bertz CT molecular complexity index is 763. The van der Waals surface area contributed by atoms with Crippen LogP contribution in [0.4, 0.5) is 5.69 Å². The average molecular weight is 346 g/mol. The maximum atomic E-state index is 12.4. The van der Waals surface area contributed by atoms with Crippen LogP contribution in [0.3, 0.4) is 0 Å². The molecule has 0 fully saturated rings. The molecule has 2 aromatic rings. The van der Waals surface area contributed by atoms with Crippen LogP contribution in [0.25, 0.3) is 0 Å². The molecule has 1 amide bonds. The summed E-state index contributed by atoms with van der Waals surface area (Å²) in [5.41, 5.74) is 3.71. The lowest BCUT2D eigenvalue weighted by molar-refractivity contribution is -0.123. The molecule has 0 saturated carbocycles. The molecule has 2 aromatic carbocycles. The van der Waals surface area contributed by atoms with Gasteiger partial charge in [-0.3, -0.25) is 4.79 Å². The fourth-order valence-electron chi connectivity index (χ4n) is 2.57. The molecular formula is C19H20ClNO3. The summed E-state index contributed by atoms with van der Waals surface area (Å²) in [6.07, 6.45) is -0.936. The lowest BCUT2D eigenvalue weighted by Crippen LogP contribution is -2.30. The fourth-order valence-corrected chi connectivity index (χ4v) is 2.75. The lowest BCUT2D eigenvalue weighted by Gasteiger charge is -2.16. The number of carbonyl (C=O) groups is 2. The number of carbonyl (C=O) groups excluding carboxylic acids is 2. The Hall–Kier alpha value is -2.33. The Morgan fingerprint density at radius 1 is 1.08 bits per heavy atom. The number of benzene rings is 2. The van der Waals surface area contributed by atoms with Gasteiger partial charge in [-0.1, -0.05) is 41.4 Å². The van der Waals surface area contributed by atoms with Crippen LogP contribution in [-0.2, 0) is 9.53 Å². The van der Waals surface area contributed by atoms with Gasteiger partial charge >= 0.3 is 5.97 Å². The summed E-state index contributed by atoms with van der Waals surface area (Å²) in [7, 11) is 0. The number of halogens is 1. The minimum Gasteiger partial charge on any atom is -0.449 e. The summed E-state index contributed by atoms with van der Waals surface area (Å²) in [5.74, 6) is -0.939. The predicted molar refractivity (Wildman–Crippen MR) is 95.6 cm³/mol. The van der Waals surface area contributed by atoms with Crippen LogP contribution in [0.2, 0.25) is 5.02 Å². The summed E-state index contributed by atoms with van der Waals surface area (Å²) < 4.78 is 5.32. The van der Waals surface area contributed by atoms with Crippen LogP contribution in [0, 0.1) is 20.8 Å². The van der Waals surface area contributed by atoms with Gasteiger partial charge in [-0.05, 0) is 51.0 Å². The van der Waals surface area contributed by atoms with Crippen LogP contribution >= 0.6 is 11.6 Å². The first-order valence-corrected chi connectivity index (χ1v) is 8.01. The smallest absolute Gasteiger partial charge is 0.339 e. The van der Waals surface area contributed by atoms with E-state index in [9.17, 15) is 9.59 Å². The zero-order valence-corrected chi connectivity index (χ0v) is 14.9. The van der Waals surface area contributed by atoms with Gasteiger partial charge in [-0.25, -0.2) is 4.79 Å². The fraction of sp³-hybridized carbons (Fsp3) is 0.263. The molecule has 0 aliphatic heterocycles. The number of nitrogens with one attached hydrogen (secondary N) is 1. The maximum absolute atomic E-state index is 12.4. The van der Waals surface area contributed by atoms with Crippen molar-refractivity contribution in [3.05, 3.63) is 63.7 Å². The predicted octanol–water partition coefficient (Wildman–Crippen LogP) is 4.45. The molecule has 0 saturated heterocycles. The number of hydrogen-bond acceptors (Lipinski definition) is 3. The van der Waals surface area contributed by atoms with E-state index < -0.39 is 18.0 Å². The maximum Gasteiger partial charge on any atom is 0.339 e. The lowest BCUT2D eigenvalue weighted by atomic mass is 10.00. The molecule has 24 heavy (non-hydrogen) atoms. The SMILES string of the molecule is Cc1cc(C)c(C(=O)OC(C)C(=O)Nc2ccccc2Cl)c(C)c1. The molecule has 126 valence electrons. The second kappa shape index (κ2) is 7.49. The van der Waals surface area contributed by atoms with Crippen molar-refractivity contribution in [2.45, 2.75) is 33.8 Å². The molecule has 0 heterocycles. The minimum atomic E-state index is -0.936. The van der Waals surface area contributed by atoms with E-state index in [1.807, 2.05) is 32.9 Å². The van der Waals surface area contributed by atoms with E-state index in [4.69, 9.17) is 16.3 Å². The highest BCUT2D eigenvalue weighted by atomic mass is 35.5. The Morgan fingerprint density at radius 2 is 1.67 bits per heavy atom. The van der Waals surface area contributed by atoms with Crippen molar-refractivity contribution in [2.24, 2.45) is 0 Å². The van der Waals surface area contributed by atoms with Crippen molar-refractivity contribution in [3.63, 3.8) is 0 Å². The first-order chi connectivity index (χ1) is 11.3. The summed E-state index contributed by atoms with van der Waals surface area (Å²) in [6.45, 7) is 7.20. The van der Waals surface area contributed by atoms with Gasteiger partial charge in [0.2, 0.25) is 0 Å². The Balaban J connectivity index is 2.09. The van der Waals surface area contributed by atoms with Crippen molar-refractivity contribution in [2.75, 3.05) is 5.32 Å². The van der Waals surface area contributed by atoms with Crippen molar-refractivity contribution < 1.29 is 14.3 Å². The second-order valence-electron chi connectivity index (χ2n) is 5.79. The number of esters is 1. The van der Waals surface area contributed by atoms with E-state index in [0.29, 0.717) is 16.3 Å². The van der Waals surface area contributed by atoms with Gasteiger partial charge in [0.25, 0.3) is 5.91 Å². The Labute approximate surface area is 146 Å². The van der Waals surface area contributed by atoms with Crippen LogP contribution in [-0.4, -0.2) is 18.0 Å². The molecule has 0 radical (unpaired) electrons. The minimum absolute atomic E-state index is 0.426. The quantitative estimate of drug-likeness (QED) is 0.833. The zero-order valence-electron chi connectivity index (χ0n) is 14.1. The highest BCUT2D eigenvalue weighted by molar-refractivity contribution is 6.33. The van der Waals surface area contributed by atoms with Gasteiger partial charge in [-0.15, -0.1) is 0 Å². The second-order valence-corrected chi connectivity index (χ2v) is 6.20. The van der Waals surface area contributed by atoms with Gasteiger partial charge in [-0.2, -0.15) is 0 Å². The zero-order chi connectivity index (χ0) is 17.9.